The molecule has 0 spiro atoms. The Hall–Kier alpha value is -2.97. The zero-order valence-electron chi connectivity index (χ0n) is 16.6. The van der Waals surface area contributed by atoms with E-state index in [4.69, 9.17) is 17.2 Å². The second-order valence-corrected chi connectivity index (χ2v) is 8.64. The Morgan fingerprint density at radius 1 is 1.17 bits per heavy atom. The molecule has 0 radical (unpaired) electrons. The maximum absolute atomic E-state index is 13.3. The highest BCUT2D eigenvalue weighted by Crippen LogP contribution is 2.31. The van der Waals surface area contributed by atoms with Crippen LogP contribution in [0.1, 0.15) is 16.7 Å². The van der Waals surface area contributed by atoms with Gasteiger partial charge in [-0.15, -0.1) is 0 Å². The van der Waals surface area contributed by atoms with Crippen LogP contribution in [0.25, 0.3) is 11.7 Å². The molecule has 0 saturated carbocycles. The van der Waals surface area contributed by atoms with Gasteiger partial charge in [0.1, 0.15) is 15.8 Å². The molecule has 0 aliphatic carbocycles. The van der Waals surface area contributed by atoms with Crippen molar-refractivity contribution >= 4 is 51.7 Å². The largest absolute Gasteiger partial charge is 0.369 e. The molecule has 3 heterocycles. The van der Waals surface area contributed by atoms with Crippen LogP contribution in [0, 0.1) is 6.92 Å². The number of aryl methyl sites for hydroxylation is 1. The molecule has 1 aliphatic heterocycles. The predicted molar refractivity (Wildman–Crippen MR) is 126 cm³/mol. The first-order valence-corrected chi connectivity index (χ1v) is 10.7. The molecular weight excluding hydrogens is 416 g/mol. The highest BCUT2D eigenvalue weighted by atomic mass is 32.2. The lowest BCUT2D eigenvalue weighted by Crippen LogP contribution is -2.23. The Morgan fingerprint density at radius 2 is 1.93 bits per heavy atom. The van der Waals surface area contributed by atoms with Crippen LogP contribution < -0.4 is 10.9 Å². The third-order valence-electron chi connectivity index (χ3n) is 4.90. The Bertz CT molecular complexity index is 1240. The number of rotatable bonds is 5. The summed E-state index contributed by atoms with van der Waals surface area (Å²) in [6.07, 6.45) is 4.07. The number of anilines is 1. The monoisotopic (exact) mass is 436 g/mol. The van der Waals surface area contributed by atoms with Gasteiger partial charge in [-0.05, 0) is 36.6 Å². The van der Waals surface area contributed by atoms with Crippen LogP contribution in [-0.2, 0) is 11.2 Å². The number of nitrogens with zero attached hydrogens (tertiary/aromatic N) is 3. The van der Waals surface area contributed by atoms with Gasteiger partial charge < -0.3 is 5.32 Å². The molecule has 3 aromatic rings. The van der Waals surface area contributed by atoms with Gasteiger partial charge in [0, 0.05) is 19.8 Å². The molecule has 6 nitrogen and oxygen atoms in total. The molecule has 0 unspecified atom stereocenters. The van der Waals surface area contributed by atoms with E-state index in [-0.39, 0.29) is 11.5 Å². The van der Waals surface area contributed by atoms with Crippen molar-refractivity contribution in [2.75, 3.05) is 18.9 Å². The number of nitrogens with one attached hydrogen (secondary N) is 1. The average molecular weight is 437 g/mol. The number of thioether (sulfide) groups is 1. The molecule has 30 heavy (non-hydrogen) atoms. The summed E-state index contributed by atoms with van der Waals surface area (Å²) in [6, 6.07) is 13.8. The fraction of sp³-hybridized carbons (Fsp3) is 0.182. The first-order valence-electron chi connectivity index (χ1n) is 9.47. The number of hydrogen-bond donors (Lipinski definition) is 1. The molecule has 1 aliphatic rings. The summed E-state index contributed by atoms with van der Waals surface area (Å²) in [6.45, 7) is 2.52. The van der Waals surface area contributed by atoms with Crippen molar-refractivity contribution in [2.24, 2.45) is 0 Å². The fourth-order valence-electron chi connectivity index (χ4n) is 3.22. The van der Waals surface area contributed by atoms with E-state index in [1.54, 1.807) is 19.3 Å². The van der Waals surface area contributed by atoms with Gasteiger partial charge in [-0.1, -0.05) is 60.4 Å². The lowest BCUT2D eigenvalue weighted by atomic mass is 10.1. The summed E-state index contributed by atoms with van der Waals surface area (Å²) in [5, 5.41) is 3.30. The number of likely N-dealkylation sites (N-methyl/N-ethyl adjacent to an activating group) is 1. The van der Waals surface area contributed by atoms with Crippen molar-refractivity contribution in [2.45, 2.75) is 13.3 Å². The molecule has 2 aromatic heterocycles. The molecule has 1 amide bonds. The van der Waals surface area contributed by atoms with Crippen LogP contribution in [0.3, 0.4) is 0 Å². The van der Waals surface area contributed by atoms with Gasteiger partial charge in [-0.3, -0.25) is 18.9 Å². The molecular formula is C22H20N4O2S2. The van der Waals surface area contributed by atoms with Crippen molar-refractivity contribution in [3.8, 4) is 0 Å². The van der Waals surface area contributed by atoms with E-state index in [1.165, 1.54) is 26.6 Å². The molecule has 0 bridgehead atoms. The van der Waals surface area contributed by atoms with Crippen molar-refractivity contribution in [1.82, 2.24) is 14.3 Å². The van der Waals surface area contributed by atoms with Crippen molar-refractivity contribution in [3.63, 3.8) is 0 Å². The normalized spacial score (nSPS) is 15.4. The van der Waals surface area contributed by atoms with Gasteiger partial charge in [0.05, 0.1) is 10.5 Å². The minimum atomic E-state index is -0.229. The number of benzene rings is 1. The number of carbonyl (C=O) groups excluding carboxylic acids is 1. The Balaban J connectivity index is 1.76. The van der Waals surface area contributed by atoms with E-state index >= 15 is 0 Å². The van der Waals surface area contributed by atoms with E-state index in [0.717, 1.165) is 12.0 Å². The number of carbonyl (C=O) groups is 1. The summed E-state index contributed by atoms with van der Waals surface area (Å²) in [7, 11) is 1.63. The van der Waals surface area contributed by atoms with E-state index in [9.17, 15) is 9.59 Å². The van der Waals surface area contributed by atoms with Gasteiger partial charge >= 0.3 is 0 Å². The summed E-state index contributed by atoms with van der Waals surface area (Å²) < 4.78 is 1.98. The van der Waals surface area contributed by atoms with E-state index in [2.05, 4.69) is 17.4 Å². The third-order valence-corrected chi connectivity index (χ3v) is 6.38. The van der Waals surface area contributed by atoms with Crippen LogP contribution in [0.5, 0.6) is 0 Å². The molecule has 8 heteroatoms. The smallest absolute Gasteiger partial charge is 0.267 e. The second kappa shape index (κ2) is 8.41. The van der Waals surface area contributed by atoms with Crippen LogP contribution in [0.2, 0.25) is 0 Å². The van der Waals surface area contributed by atoms with Crippen LogP contribution in [0.15, 0.2) is 58.4 Å². The molecule has 1 saturated heterocycles. The fourth-order valence-corrected chi connectivity index (χ4v) is 4.38. The first kappa shape index (κ1) is 20.3. The highest BCUT2D eigenvalue weighted by Gasteiger charge is 2.29. The van der Waals surface area contributed by atoms with Gasteiger partial charge in [-0.2, -0.15) is 0 Å². The molecule has 1 aromatic carbocycles. The number of amides is 1. The maximum Gasteiger partial charge on any atom is 0.267 e. The molecule has 4 rings (SSSR count). The van der Waals surface area contributed by atoms with Crippen LogP contribution in [0.4, 0.5) is 5.82 Å². The van der Waals surface area contributed by atoms with Crippen molar-refractivity contribution in [3.05, 3.63) is 80.6 Å². The number of fused-ring (bicyclic) bond motifs is 1. The van der Waals surface area contributed by atoms with Crippen molar-refractivity contribution < 1.29 is 4.79 Å². The van der Waals surface area contributed by atoms with Gasteiger partial charge in [-0.25, -0.2) is 4.98 Å². The molecule has 152 valence electrons. The second-order valence-electron chi connectivity index (χ2n) is 6.97. The SMILES string of the molecule is Cc1cccn2c(=O)c(C=C3SC(=S)N(C)C3=O)c(NCCc3ccccc3)nc12. The van der Waals surface area contributed by atoms with Gasteiger partial charge in [0.15, 0.2) is 0 Å². The Kier molecular flexibility index (Phi) is 5.69. The van der Waals surface area contributed by atoms with E-state index in [0.29, 0.717) is 32.8 Å². The zero-order valence-corrected chi connectivity index (χ0v) is 18.2. The topological polar surface area (TPSA) is 66.7 Å². The predicted octanol–water partition coefficient (Wildman–Crippen LogP) is 3.49. The number of thiocarbonyl (C=S) groups is 1. The summed E-state index contributed by atoms with van der Waals surface area (Å²) in [5.74, 6) is 0.251. The van der Waals surface area contributed by atoms with E-state index < -0.39 is 0 Å². The third kappa shape index (κ3) is 3.88. The molecule has 0 atom stereocenters. The lowest BCUT2D eigenvalue weighted by Gasteiger charge is -2.12. The quantitative estimate of drug-likeness (QED) is 0.488. The van der Waals surface area contributed by atoms with Crippen molar-refractivity contribution in [1.29, 1.82) is 0 Å². The summed E-state index contributed by atoms with van der Waals surface area (Å²) in [5.41, 5.74) is 2.79. The minimum Gasteiger partial charge on any atom is -0.369 e. The Labute approximate surface area is 183 Å². The van der Waals surface area contributed by atoms with Gasteiger partial charge in [0.25, 0.3) is 11.5 Å². The highest BCUT2D eigenvalue weighted by molar-refractivity contribution is 8.26. The van der Waals surface area contributed by atoms with E-state index in [1.807, 2.05) is 37.3 Å². The molecule has 1 N–H and O–H groups in total. The zero-order chi connectivity index (χ0) is 21.3. The van der Waals surface area contributed by atoms with Gasteiger partial charge in [0.2, 0.25) is 0 Å². The average Bonchev–Trinajstić information content (AvgIpc) is 2.99. The maximum atomic E-state index is 13.3. The number of aromatic nitrogens is 2. The minimum absolute atomic E-state index is 0.214. The lowest BCUT2D eigenvalue weighted by molar-refractivity contribution is -0.121. The van der Waals surface area contributed by atoms with Crippen LogP contribution >= 0.6 is 24.0 Å². The standard InChI is InChI=1S/C22H20N4O2S2/c1-14-7-6-12-26-19(14)24-18(23-11-10-15-8-4-3-5-9-15)16(20(26)27)13-17-21(28)25(2)22(29)30-17/h3-9,12-13,23H,10-11H2,1-2H3. The first-order chi connectivity index (χ1) is 14.5. The number of hydrogen-bond acceptors (Lipinski definition) is 6. The Morgan fingerprint density at radius 3 is 2.63 bits per heavy atom. The van der Waals surface area contributed by atoms with Crippen LogP contribution in [-0.4, -0.2) is 38.1 Å². The summed E-state index contributed by atoms with van der Waals surface area (Å²) >= 11 is 6.40. The summed E-state index contributed by atoms with van der Waals surface area (Å²) in [4.78, 5) is 32.3. The molecule has 1 fully saturated rings. The number of pyridine rings is 1.